The molecular weight excluding hydrogens is 786 g/mol. The van der Waals surface area contributed by atoms with Crippen LogP contribution in [0.15, 0.2) is 72.8 Å². The minimum absolute atomic E-state index is 0.0455. The third kappa shape index (κ3) is 7.96. The van der Waals surface area contributed by atoms with Crippen molar-refractivity contribution in [2.45, 2.75) is 11.8 Å². The lowest BCUT2D eigenvalue weighted by molar-refractivity contribution is 0.0895. The van der Waals surface area contributed by atoms with E-state index in [4.69, 9.17) is 37.2 Å². The molecule has 290 valence electrons. The molecule has 3 N–H and O–H groups in total. The van der Waals surface area contributed by atoms with Gasteiger partial charge >= 0.3 is 7.82 Å². The summed E-state index contributed by atoms with van der Waals surface area (Å²) in [5.41, 5.74) is 2.93. The molecular formula is C39H41Cl2N4O8PS. The van der Waals surface area contributed by atoms with E-state index in [1.807, 2.05) is 49.5 Å². The zero-order valence-electron chi connectivity index (χ0n) is 30.2. The summed E-state index contributed by atoms with van der Waals surface area (Å²) >= 11 is 14.1. The summed E-state index contributed by atoms with van der Waals surface area (Å²) in [5, 5.41) is 6.25. The summed E-state index contributed by atoms with van der Waals surface area (Å²) in [6.45, 7) is 3.72. The Kier molecular flexibility index (Phi) is 12.0. The number of ether oxygens (including phenoxy) is 2. The van der Waals surface area contributed by atoms with Crippen LogP contribution in [0.5, 0.6) is 11.5 Å². The second-order valence-corrected chi connectivity index (χ2v) is 16.3. The summed E-state index contributed by atoms with van der Waals surface area (Å²) in [7, 11) is -1.34. The molecule has 16 heteroatoms. The molecule has 0 saturated carbocycles. The van der Waals surface area contributed by atoms with Crippen LogP contribution in [-0.4, -0.2) is 98.5 Å². The molecule has 3 heterocycles. The molecule has 4 aromatic carbocycles. The van der Waals surface area contributed by atoms with Crippen molar-refractivity contribution in [2.24, 2.45) is 0 Å². The van der Waals surface area contributed by atoms with Crippen LogP contribution >= 0.6 is 42.4 Å². The van der Waals surface area contributed by atoms with Gasteiger partial charge in [0.15, 0.2) is 0 Å². The zero-order valence-corrected chi connectivity index (χ0v) is 33.5. The van der Waals surface area contributed by atoms with Gasteiger partial charge in [-0.3, -0.25) is 24.3 Å². The van der Waals surface area contributed by atoms with Gasteiger partial charge in [-0.2, -0.15) is 0 Å². The Bertz CT molecular complexity index is 2280. The van der Waals surface area contributed by atoms with Gasteiger partial charge in [0.05, 0.1) is 27.7 Å². The molecule has 2 aliphatic heterocycles. The Morgan fingerprint density at radius 3 is 1.84 bits per heavy atom. The van der Waals surface area contributed by atoms with Gasteiger partial charge in [-0.05, 0) is 41.1 Å². The standard InChI is InChI=1S/C39H41Cl2N4O8PS/c1-42-13-14-43(15-16-51-2)23-52-32-17-30-36(28-9-5-3-7-26(28)32)24(19-40)21-44(30)38(46)34-11-12-35(55-34)39(47)45-22-25(20-41)37-29-10-6-4-8-27(29)33(18-31(37)45)53-54(48,49)50/h3-12,17-18,24-25,42H,13-16,19-23H2,1-2H3,(H2,48,49,50). The molecule has 0 saturated heterocycles. The van der Waals surface area contributed by atoms with E-state index in [0.29, 0.717) is 70.0 Å². The minimum atomic E-state index is -4.92. The topological polar surface area (TPSA) is 141 Å². The quantitative estimate of drug-likeness (QED) is 0.0575. The Morgan fingerprint density at radius 1 is 0.836 bits per heavy atom. The number of phosphoric acid groups is 1. The van der Waals surface area contributed by atoms with Gasteiger partial charge < -0.3 is 29.1 Å². The van der Waals surface area contributed by atoms with Crippen LogP contribution in [0.3, 0.4) is 0 Å². The number of phosphoric ester groups is 1. The van der Waals surface area contributed by atoms with Crippen LogP contribution in [0.25, 0.3) is 21.5 Å². The van der Waals surface area contributed by atoms with Crippen LogP contribution < -0.4 is 24.4 Å². The smallest absolute Gasteiger partial charge is 0.477 e. The normalized spacial score (nSPS) is 16.6. The molecule has 2 aliphatic rings. The molecule has 5 aromatic rings. The first-order chi connectivity index (χ1) is 26.6. The number of rotatable bonds is 15. The Hall–Kier alpha value is -3.75. The first-order valence-corrected chi connectivity index (χ1v) is 21.2. The highest BCUT2D eigenvalue weighted by molar-refractivity contribution is 7.46. The second-order valence-electron chi connectivity index (χ2n) is 13.5. The van der Waals surface area contributed by atoms with Crippen molar-refractivity contribution < 1.29 is 37.9 Å². The largest absolute Gasteiger partial charge is 0.524 e. The highest BCUT2D eigenvalue weighted by Crippen LogP contribution is 2.50. The fraction of sp³-hybridized carbons (Fsp3) is 0.333. The fourth-order valence-electron chi connectivity index (χ4n) is 7.51. The van der Waals surface area contributed by atoms with Gasteiger partial charge in [-0.1, -0.05) is 48.5 Å². The van der Waals surface area contributed by atoms with Crippen molar-refractivity contribution in [3.8, 4) is 11.5 Å². The molecule has 7 rings (SSSR count). The Labute approximate surface area is 332 Å². The molecule has 0 fully saturated rings. The van der Waals surface area contributed by atoms with E-state index in [1.165, 1.54) is 6.07 Å². The molecule has 12 nitrogen and oxygen atoms in total. The first kappa shape index (κ1) is 39.5. The summed E-state index contributed by atoms with van der Waals surface area (Å²) in [6.07, 6.45) is 0. The number of fused-ring (bicyclic) bond motifs is 6. The number of nitrogens with one attached hydrogen (secondary N) is 1. The fourth-order valence-corrected chi connectivity index (χ4v) is 9.33. The van der Waals surface area contributed by atoms with Crippen LogP contribution in [0.4, 0.5) is 11.4 Å². The van der Waals surface area contributed by atoms with E-state index in [1.54, 1.807) is 41.2 Å². The van der Waals surface area contributed by atoms with E-state index in [-0.39, 0.29) is 41.8 Å². The number of anilines is 2. The van der Waals surface area contributed by atoms with Gasteiger partial charge in [-0.15, -0.1) is 34.5 Å². The van der Waals surface area contributed by atoms with Crippen LogP contribution in [0, 0.1) is 0 Å². The molecule has 0 bridgehead atoms. The maximum Gasteiger partial charge on any atom is 0.524 e. The predicted molar refractivity (Wildman–Crippen MR) is 218 cm³/mol. The van der Waals surface area contributed by atoms with Crippen molar-refractivity contribution in [3.63, 3.8) is 0 Å². The molecule has 2 amide bonds. The summed E-state index contributed by atoms with van der Waals surface area (Å²) in [5.74, 6) is 0.123. The van der Waals surface area contributed by atoms with Gasteiger partial charge in [0.1, 0.15) is 18.2 Å². The molecule has 2 atom stereocenters. The molecule has 2 unspecified atom stereocenters. The number of thiophene rings is 1. The third-order valence-corrected chi connectivity index (χ3v) is 12.3. The number of halogens is 2. The van der Waals surface area contributed by atoms with Crippen molar-refractivity contribution in [1.29, 1.82) is 0 Å². The summed E-state index contributed by atoms with van der Waals surface area (Å²) in [4.78, 5) is 54.1. The third-order valence-electron chi connectivity index (χ3n) is 10.1. The number of likely N-dealkylation sites (N-methyl/N-ethyl adjacent to an activating group) is 1. The van der Waals surface area contributed by atoms with E-state index < -0.39 is 7.82 Å². The molecule has 0 aliphatic carbocycles. The highest BCUT2D eigenvalue weighted by atomic mass is 35.5. The molecule has 1 aromatic heterocycles. The van der Waals surface area contributed by atoms with Crippen LogP contribution in [0.1, 0.15) is 42.3 Å². The lowest BCUT2D eigenvalue weighted by Crippen LogP contribution is -2.36. The SMILES string of the molecule is CNCCN(CCOC)COc1cc2c(c3ccccc13)C(CCl)CN2C(=O)c1ccc(C(=O)N2CC(CCl)c3c2cc(OP(=O)(O)O)c2ccccc32)s1. The maximum absolute atomic E-state index is 14.4. The number of alkyl halides is 2. The van der Waals surface area contributed by atoms with Gasteiger partial charge in [0.25, 0.3) is 11.8 Å². The van der Waals surface area contributed by atoms with E-state index in [9.17, 15) is 23.9 Å². The number of carbonyl (C=O) groups excluding carboxylic acids is 2. The van der Waals surface area contributed by atoms with Crippen LogP contribution in [-0.2, 0) is 9.30 Å². The number of hydrogen-bond donors (Lipinski definition) is 3. The predicted octanol–water partition coefficient (Wildman–Crippen LogP) is 7.00. The van der Waals surface area contributed by atoms with Gasteiger partial charge in [-0.25, -0.2) is 4.57 Å². The lowest BCUT2D eigenvalue weighted by Gasteiger charge is -2.24. The van der Waals surface area contributed by atoms with E-state index in [2.05, 4.69) is 10.2 Å². The number of benzene rings is 4. The van der Waals surface area contributed by atoms with Crippen molar-refractivity contribution >= 4 is 87.1 Å². The average molecular weight is 828 g/mol. The van der Waals surface area contributed by atoms with E-state index >= 15 is 0 Å². The molecule has 0 spiro atoms. The number of nitrogens with zero attached hydrogens (tertiary/aromatic N) is 3. The number of methoxy groups -OCH3 is 1. The number of amides is 2. The summed E-state index contributed by atoms with van der Waals surface area (Å²) in [6, 6.07) is 21.7. The minimum Gasteiger partial charge on any atom is -0.477 e. The number of carbonyl (C=O) groups is 2. The van der Waals surface area contributed by atoms with Crippen molar-refractivity contribution in [2.75, 3.05) is 81.8 Å². The lowest BCUT2D eigenvalue weighted by atomic mass is 9.95. The maximum atomic E-state index is 14.4. The first-order valence-electron chi connectivity index (χ1n) is 17.8. The van der Waals surface area contributed by atoms with E-state index in [0.717, 1.165) is 46.3 Å². The monoisotopic (exact) mass is 826 g/mol. The summed E-state index contributed by atoms with van der Waals surface area (Å²) < 4.78 is 28.8. The van der Waals surface area contributed by atoms with Gasteiger partial charge in [0.2, 0.25) is 0 Å². The number of hydrogen-bond acceptors (Lipinski definition) is 9. The van der Waals surface area contributed by atoms with Gasteiger partial charge in [0, 0.05) is 86.3 Å². The van der Waals surface area contributed by atoms with Crippen molar-refractivity contribution in [3.05, 3.63) is 93.7 Å². The van der Waals surface area contributed by atoms with Crippen molar-refractivity contribution in [1.82, 2.24) is 10.2 Å². The Balaban J connectivity index is 1.20. The molecule has 0 radical (unpaired) electrons. The van der Waals surface area contributed by atoms with Crippen LogP contribution in [0.2, 0.25) is 0 Å². The average Bonchev–Trinajstić information content (AvgIpc) is 3.92. The highest BCUT2D eigenvalue weighted by Gasteiger charge is 2.38. The zero-order chi connectivity index (χ0) is 38.9. The second kappa shape index (κ2) is 16.8. The Morgan fingerprint density at radius 2 is 1.35 bits per heavy atom. The molecule has 55 heavy (non-hydrogen) atoms.